The second-order valence-electron chi connectivity index (χ2n) is 5.03. The van der Waals surface area contributed by atoms with Gasteiger partial charge >= 0.3 is 0 Å². The Hall–Kier alpha value is -1.49. The normalized spacial score (nSPS) is 10.9. The molecule has 1 aromatic rings. The first-order chi connectivity index (χ1) is 7.48. The van der Waals surface area contributed by atoms with Gasteiger partial charge in [0.1, 0.15) is 6.07 Å². The van der Waals surface area contributed by atoms with Crippen LogP contribution in [0.1, 0.15) is 38.3 Å². The molecule has 2 heteroatoms. The van der Waals surface area contributed by atoms with Crippen molar-refractivity contribution in [3.05, 3.63) is 29.3 Å². The molecule has 0 bridgehead atoms. The van der Waals surface area contributed by atoms with Crippen LogP contribution < -0.4 is 5.32 Å². The zero-order chi connectivity index (χ0) is 12.2. The largest absolute Gasteiger partial charge is 0.383 e. The van der Waals surface area contributed by atoms with Crippen LogP contribution in [0, 0.1) is 23.7 Å². The van der Waals surface area contributed by atoms with Crippen LogP contribution in [0.2, 0.25) is 0 Å². The van der Waals surface area contributed by atoms with Crippen molar-refractivity contribution in [3.8, 4) is 6.07 Å². The van der Waals surface area contributed by atoms with Gasteiger partial charge in [0.25, 0.3) is 0 Å². The summed E-state index contributed by atoms with van der Waals surface area (Å²) in [5.74, 6) is 0. The Morgan fingerprint density at radius 1 is 1.38 bits per heavy atom. The van der Waals surface area contributed by atoms with Crippen LogP contribution in [0.5, 0.6) is 0 Å². The highest BCUT2D eigenvalue weighted by atomic mass is 14.9. The third kappa shape index (κ3) is 3.27. The van der Waals surface area contributed by atoms with Crippen LogP contribution >= 0.6 is 0 Å². The van der Waals surface area contributed by atoms with Crippen molar-refractivity contribution in [1.29, 1.82) is 5.26 Å². The maximum absolute atomic E-state index is 9.04. The first-order valence-corrected chi connectivity index (χ1v) is 5.73. The highest BCUT2D eigenvalue weighted by Crippen LogP contribution is 2.22. The zero-order valence-corrected chi connectivity index (χ0v) is 10.6. The van der Waals surface area contributed by atoms with Crippen LogP contribution in [0.25, 0.3) is 0 Å². The van der Waals surface area contributed by atoms with Gasteiger partial charge in [0.05, 0.1) is 11.3 Å². The third-order valence-corrected chi connectivity index (χ3v) is 3.01. The number of hydrogen-bond donors (Lipinski definition) is 1. The van der Waals surface area contributed by atoms with E-state index in [4.69, 9.17) is 5.26 Å². The molecule has 0 saturated carbocycles. The summed E-state index contributed by atoms with van der Waals surface area (Å²) in [5.41, 5.74) is 3.05. The fourth-order valence-corrected chi connectivity index (χ4v) is 1.36. The van der Waals surface area contributed by atoms with E-state index in [1.165, 1.54) is 0 Å². The molecule has 16 heavy (non-hydrogen) atoms. The smallest absolute Gasteiger partial charge is 0.101 e. The van der Waals surface area contributed by atoms with Crippen LogP contribution in [0.4, 0.5) is 5.69 Å². The maximum atomic E-state index is 9.04. The standard InChI is InChI=1S/C14H20N2/c1-5-14(3,4)10-16-13-7-6-11(2)8-12(13)9-15/h6-8,16H,5,10H2,1-4H3. The van der Waals surface area contributed by atoms with Gasteiger partial charge in [0.15, 0.2) is 0 Å². The van der Waals surface area contributed by atoms with E-state index in [2.05, 4.69) is 32.2 Å². The summed E-state index contributed by atoms with van der Waals surface area (Å²) < 4.78 is 0. The molecule has 0 radical (unpaired) electrons. The molecule has 1 rings (SSSR count). The third-order valence-electron chi connectivity index (χ3n) is 3.01. The Morgan fingerprint density at radius 2 is 2.06 bits per heavy atom. The minimum Gasteiger partial charge on any atom is -0.383 e. The number of anilines is 1. The zero-order valence-electron chi connectivity index (χ0n) is 10.6. The Bertz CT molecular complexity index is 400. The van der Waals surface area contributed by atoms with Gasteiger partial charge in [-0.1, -0.05) is 26.8 Å². The SMILES string of the molecule is CCC(C)(C)CNc1ccc(C)cc1C#N. The van der Waals surface area contributed by atoms with Crippen molar-refractivity contribution in [3.63, 3.8) is 0 Å². The summed E-state index contributed by atoms with van der Waals surface area (Å²) in [6.45, 7) is 9.52. The fourth-order valence-electron chi connectivity index (χ4n) is 1.36. The second kappa shape index (κ2) is 5.03. The lowest BCUT2D eigenvalue weighted by Gasteiger charge is -2.24. The number of nitrogens with zero attached hydrogens (tertiary/aromatic N) is 1. The maximum Gasteiger partial charge on any atom is 0.101 e. The molecule has 0 atom stereocenters. The van der Waals surface area contributed by atoms with E-state index in [1.54, 1.807) is 0 Å². The molecule has 2 nitrogen and oxygen atoms in total. The molecule has 0 fully saturated rings. The topological polar surface area (TPSA) is 35.8 Å². The summed E-state index contributed by atoms with van der Waals surface area (Å²) in [6, 6.07) is 8.16. The van der Waals surface area contributed by atoms with E-state index in [0.717, 1.165) is 29.8 Å². The lowest BCUT2D eigenvalue weighted by atomic mass is 9.90. The average Bonchev–Trinajstić information content (AvgIpc) is 2.27. The molecule has 0 aliphatic rings. The van der Waals surface area contributed by atoms with Crippen LogP contribution in [-0.4, -0.2) is 6.54 Å². The number of hydrogen-bond acceptors (Lipinski definition) is 2. The van der Waals surface area contributed by atoms with Crippen molar-refractivity contribution in [2.75, 3.05) is 11.9 Å². The summed E-state index contributed by atoms with van der Waals surface area (Å²) in [6.07, 6.45) is 1.12. The molecule has 0 spiro atoms. The molecular weight excluding hydrogens is 196 g/mol. The quantitative estimate of drug-likeness (QED) is 0.832. The molecule has 1 N–H and O–H groups in total. The first kappa shape index (κ1) is 12.6. The summed E-state index contributed by atoms with van der Waals surface area (Å²) >= 11 is 0. The van der Waals surface area contributed by atoms with Gasteiger partial charge in [-0.25, -0.2) is 0 Å². The summed E-state index contributed by atoms with van der Waals surface area (Å²) in [4.78, 5) is 0. The Labute approximate surface area is 98.3 Å². The van der Waals surface area contributed by atoms with E-state index < -0.39 is 0 Å². The Kier molecular flexibility index (Phi) is 3.95. The second-order valence-corrected chi connectivity index (χ2v) is 5.03. The monoisotopic (exact) mass is 216 g/mol. The Morgan fingerprint density at radius 3 is 2.62 bits per heavy atom. The van der Waals surface area contributed by atoms with Crippen LogP contribution in [-0.2, 0) is 0 Å². The molecule has 0 amide bonds. The molecule has 0 heterocycles. The minimum atomic E-state index is 0.262. The van der Waals surface area contributed by atoms with E-state index in [-0.39, 0.29) is 5.41 Å². The van der Waals surface area contributed by atoms with Crippen molar-refractivity contribution in [2.45, 2.75) is 34.1 Å². The van der Waals surface area contributed by atoms with Crippen molar-refractivity contribution >= 4 is 5.69 Å². The molecule has 0 aliphatic heterocycles. The molecular formula is C14H20N2. The van der Waals surface area contributed by atoms with Crippen LogP contribution in [0.3, 0.4) is 0 Å². The molecule has 1 aromatic carbocycles. The lowest BCUT2D eigenvalue weighted by Crippen LogP contribution is -2.22. The van der Waals surface area contributed by atoms with E-state index in [1.807, 2.05) is 25.1 Å². The first-order valence-electron chi connectivity index (χ1n) is 5.73. The lowest BCUT2D eigenvalue weighted by molar-refractivity contribution is 0.377. The number of rotatable bonds is 4. The van der Waals surface area contributed by atoms with Gasteiger partial charge in [0.2, 0.25) is 0 Å². The minimum absolute atomic E-state index is 0.262. The molecule has 0 unspecified atom stereocenters. The van der Waals surface area contributed by atoms with Gasteiger partial charge in [-0.15, -0.1) is 0 Å². The van der Waals surface area contributed by atoms with Gasteiger partial charge < -0.3 is 5.32 Å². The van der Waals surface area contributed by atoms with Crippen molar-refractivity contribution in [1.82, 2.24) is 0 Å². The average molecular weight is 216 g/mol. The highest BCUT2D eigenvalue weighted by molar-refractivity contribution is 5.58. The van der Waals surface area contributed by atoms with E-state index in [9.17, 15) is 0 Å². The fraction of sp³-hybridized carbons (Fsp3) is 0.500. The van der Waals surface area contributed by atoms with Crippen molar-refractivity contribution < 1.29 is 0 Å². The molecule has 0 saturated heterocycles. The van der Waals surface area contributed by atoms with Gasteiger partial charge in [-0.3, -0.25) is 0 Å². The number of benzene rings is 1. The number of nitrogens with one attached hydrogen (secondary N) is 1. The predicted molar refractivity (Wildman–Crippen MR) is 68.5 cm³/mol. The molecule has 0 aliphatic carbocycles. The van der Waals surface area contributed by atoms with Crippen molar-refractivity contribution in [2.24, 2.45) is 5.41 Å². The van der Waals surface area contributed by atoms with E-state index in [0.29, 0.717) is 0 Å². The Balaban J connectivity index is 2.79. The highest BCUT2D eigenvalue weighted by Gasteiger charge is 2.15. The molecule has 0 aromatic heterocycles. The molecule has 86 valence electrons. The van der Waals surface area contributed by atoms with E-state index >= 15 is 0 Å². The van der Waals surface area contributed by atoms with Gasteiger partial charge in [-0.2, -0.15) is 5.26 Å². The van der Waals surface area contributed by atoms with Crippen LogP contribution in [0.15, 0.2) is 18.2 Å². The summed E-state index contributed by atoms with van der Waals surface area (Å²) in [5, 5.41) is 12.4. The number of aryl methyl sites for hydroxylation is 1. The van der Waals surface area contributed by atoms with Gasteiger partial charge in [-0.05, 0) is 36.5 Å². The van der Waals surface area contributed by atoms with Gasteiger partial charge in [0, 0.05) is 6.54 Å². The number of nitriles is 1. The predicted octanol–water partition coefficient (Wildman–Crippen LogP) is 3.71. The summed E-state index contributed by atoms with van der Waals surface area (Å²) in [7, 11) is 0.